The number of aromatic nitrogens is 5. The molecule has 3 aromatic heterocycles. The van der Waals surface area contributed by atoms with E-state index < -0.39 is 60.2 Å². The van der Waals surface area contributed by atoms with Crippen LogP contribution in [-0.2, 0) is 43.2 Å². The molecule has 0 bridgehead atoms. The maximum atomic E-state index is 13.7. The SMILES string of the molecule is NC(=O)CC(NC(=O)C(Cc1c[nH]c2ccccc12)NC(=O)C(Cc1cnc[nH]1)NC(=O)C(N)Cc1cnc[nH]1)C(=O)O. The van der Waals surface area contributed by atoms with Crippen LogP contribution in [0.3, 0.4) is 0 Å². The van der Waals surface area contributed by atoms with Crippen molar-refractivity contribution in [1.82, 2.24) is 40.9 Å². The van der Waals surface area contributed by atoms with Crippen molar-refractivity contribution in [1.29, 1.82) is 0 Å². The molecule has 0 aliphatic heterocycles. The number of carboxylic acid groups (broad SMARTS) is 1. The number of carbonyl (C=O) groups is 5. The molecule has 4 amide bonds. The van der Waals surface area contributed by atoms with E-state index in [9.17, 15) is 29.1 Å². The fraction of sp³-hybridized carbons (Fsp3) is 0.296. The highest BCUT2D eigenvalue weighted by Gasteiger charge is 2.32. The summed E-state index contributed by atoms with van der Waals surface area (Å²) in [6, 6.07) is 2.16. The summed E-state index contributed by atoms with van der Waals surface area (Å²) < 4.78 is 0. The third kappa shape index (κ3) is 8.26. The standard InChI is InChI=1S/C27H32N10O6/c28-18(6-15-10-30-12-33-15)24(39)35-21(7-16-11-31-13-34-16)26(41)36-20(25(40)37-22(27(42)43)8-23(29)38)5-14-9-32-19-4-2-1-3-17(14)19/h1-4,9-13,18,20-22,32H,5-8,28H2,(H2,29,38)(H,30,33)(H,31,34)(H,35,39)(H,36,41)(H,37,40)(H,42,43). The van der Waals surface area contributed by atoms with Crippen LogP contribution in [0.25, 0.3) is 10.9 Å². The van der Waals surface area contributed by atoms with Gasteiger partial charge in [-0.3, -0.25) is 19.2 Å². The number of carboxylic acids is 1. The Bertz CT molecular complexity index is 1570. The Kier molecular flexibility index (Phi) is 9.85. The van der Waals surface area contributed by atoms with Crippen LogP contribution in [0.1, 0.15) is 23.4 Å². The molecule has 11 N–H and O–H groups in total. The molecular formula is C27H32N10O6. The van der Waals surface area contributed by atoms with E-state index >= 15 is 0 Å². The summed E-state index contributed by atoms with van der Waals surface area (Å²) in [6.45, 7) is 0. The van der Waals surface area contributed by atoms with Crippen LogP contribution in [0.5, 0.6) is 0 Å². The number of nitrogens with one attached hydrogen (secondary N) is 6. The molecule has 226 valence electrons. The number of imidazole rings is 2. The van der Waals surface area contributed by atoms with Gasteiger partial charge in [-0.15, -0.1) is 0 Å². The number of fused-ring (bicyclic) bond motifs is 1. The summed E-state index contributed by atoms with van der Waals surface area (Å²) in [4.78, 5) is 79.8. The van der Waals surface area contributed by atoms with Gasteiger partial charge in [0.25, 0.3) is 0 Å². The first-order valence-electron chi connectivity index (χ1n) is 13.3. The van der Waals surface area contributed by atoms with Crippen LogP contribution in [0.2, 0.25) is 0 Å². The number of aromatic amines is 3. The Morgan fingerprint density at radius 3 is 1.98 bits per heavy atom. The minimum Gasteiger partial charge on any atom is -0.480 e. The molecule has 0 saturated carbocycles. The fourth-order valence-corrected chi connectivity index (χ4v) is 4.51. The molecule has 4 atom stereocenters. The number of amides is 4. The van der Waals surface area contributed by atoms with Crippen LogP contribution >= 0.6 is 0 Å². The molecular weight excluding hydrogens is 560 g/mol. The molecule has 0 aliphatic rings. The topological polar surface area (TPSA) is 267 Å². The van der Waals surface area contributed by atoms with Gasteiger partial charge in [0, 0.05) is 60.1 Å². The third-order valence-electron chi connectivity index (χ3n) is 6.70. The number of nitrogens with zero attached hydrogens (tertiary/aromatic N) is 2. The van der Waals surface area contributed by atoms with Gasteiger partial charge in [-0.2, -0.15) is 0 Å². The molecule has 4 aromatic rings. The second kappa shape index (κ2) is 13.9. The van der Waals surface area contributed by atoms with Gasteiger partial charge in [-0.25, -0.2) is 14.8 Å². The molecule has 0 aliphatic carbocycles. The van der Waals surface area contributed by atoms with Crippen molar-refractivity contribution in [2.24, 2.45) is 11.5 Å². The molecule has 1 aromatic carbocycles. The highest BCUT2D eigenvalue weighted by molar-refractivity contribution is 5.95. The zero-order chi connectivity index (χ0) is 30.9. The minimum absolute atomic E-state index is 0.0186. The number of rotatable bonds is 15. The predicted octanol–water partition coefficient (Wildman–Crippen LogP) is -1.62. The number of aliphatic carboxylic acids is 1. The average molecular weight is 593 g/mol. The van der Waals surface area contributed by atoms with Gasteiger partial charge in [0.15, 0.2) is 0 Å². The van der Waals surface area contributed by atoms with Crippen molar-refractivity contribution in [2.75, 3.05) is 0 Å². The number of carbonyl (C=O) groups excluding carboxylic acids is 4. The van der Waals surface area contributed by atoms with Crippen molar-refractivity contribution in [3.8, 4) is 0 Å². The van der Waals surface area contributed by atoms with Crippen LogP contribution in [0, 0.1) is 0 Å². The molecule has 0 fully saturated rings. The molecule has 0 spiro atoms. The molecule has 16 nitrogen and oxygen atoms in total. The van der Waals surface area contributed by atoms with Crippen molar-refractivity contribution >= 4 is 40.5 Å². The summed E-state index contributed by atoms with van der Waals surface area (Å²) in [6.07, 6.45) is 6.96. The summed E-state index contributed by atoms with van der Waals surface area (Å²) in [5, 5.41) is 17.9. The average Bonchev–Trinajstić information content (AvgIpc) is 3.75. The molecule has 0 saturated heterocycles. The Morgan fingerprint density at radius 2 is 1.37 bits per heavy atom. The number of para-hydroxylation sites is 1. The van der Waals surface area contributed by atoms with Crippen molar-refractivity contribution in [2.45, 2.75) is 49.9 Å². The summed E-state index contributed by atoms with van der Waals surface area (Å²) in [5.74, 6) is -4.63. The lowest BCUT2D eigenvalue weighted by molar-refractivity contribution is -0.143. The predicted molar refractivity (Wildman–Crippen MR) is 152 cm³/mol. The molecule has 16 heteroatoms. The zero-order valence-corrected chi connectivity index (χ0v) is 22.9. The van der Waals surface area contributed by atoms with E-state index in [1.165, 1.54) is 25.0 Å². The quantitative estimate of drug-likeness (QED) is 0.0767. The minimum atomic E-state index is -1.62. The third-order valence-corrected chi connectivity index (χ3v) is 6.70. The summed E-state index contributed by atoms with van der Waals surface area (Å²) >= 11 is 0. The monoisotopic (exact) mass is 592 g/mol. The van der Waals surface area contributed by atoms with Gasteiger partial charge in [0.1, 0.15) is 18.1 Å². The number of primary amides is 1. The van der Waals surface area contributed by atoms with Crippen molar-refractivity contribution < 1.29 is 29.1 Å². The lowest BCUT2D eigenvalue weighted by Crippen LogP contribution is -2.58. The lowest BCUT2D eigenvalue weighted by atomic mass is 10.0. The summed E-state index contributed by atoms with van der Waals surface area (Å²) in [5.41, 5.74) is 13.8. The summed E-state index contributed by atoms with van der Waals surface area (Å²) in [7, 11) is 0. The van der Waals surface area contributed by atoms with E-state index in [2.05, 4.69) is 40.9 Å². The van der Waals surface area contributed by atoms with E-state index in [0.717, 1.165) is 10.9 Å². The van der Waals surface area contributed by atoms with E-state index in [1.807, 2.05) is 24.3 Å². The van der Waals surface area contributed by atoms with E-state index in [-0.39, 0.29) is 19.3 Å². The van der Waals surface area contributed by atoms with Gasteiger partial charge in [-0.1, -0.05) is 18.2 Å². The molecule has 4 rings (SSSR count). The maximum Gasteiger partial charge on any atom is 0.326 e. The first kappa shape index (κ1) is 30.4. The van der Waals surface area contributed by atoms with Crippen molar-refractivity contribution in [3.05, 3.63) is 72.5 Å². The highest BCUT2D eigenvalue weighted by atomic mass is 16.4. The Morgan fingerprint density at radius 1 is 0.791 bits per heavy atom. The van der Waals surface area contributed by atoms with Gasteiger partial charge in [0.2, 0.25) is 23.6 Å². The van der Waals surface area contributed by atoms with Crippen LogP contribution in [0.4, 0.5) is 0 Å². The van der Waals surface area contributed by atoms with Crippen LogP contribution in [0.15, 0.2) is 55.5 Å². The van der Waals surface area contributed by atoms with E-state index in [4.69, 9.17) is 11.5 Å². The lowest BCUT2D eigenvalue weighted by Gasteiger charge is -2.25. The molecule has 4 unspecified atom stereocenters. The van der Waals surface area contributed by atoms with Crippen molar-refractivity contribution in [3.63, 3.8) is 0 Å². The Balaban J connectivity index is 1.57. The number of H-pyrrole nitrogens is 3. The first-order chi connectivity index (χ1) is 20.6. The van der Waals surface area contributed by atoms with Crippen LogP contribution in [-0.4, -0.2) is 83.8 Å². The molecule has 43 heavy (non-hydrogen) atoms. The fourth-order valence-electron chi connectivity index (χ4n) is 4.51. The highest BCUT2D eigenvalue weighted by Crippen LogP contribution is 2.19. The van der Waals surface area contributed by atoms with Gasteiger partial charge in [0.05, 0.1) is 25.1 Å². The number of hydrogen-bond acceptors (Lipinski definition) is 8. The van der Waals surface area contributed by atoms with Gasteiger partial charge in [-0.05, 0) is 11.6 Å². The second-order valence-electron chi connectivity index (χ2n) is 9.92. The van der Waals surface area contributed by atoms with Gasteiger partial charge < -0.3 is 47.5 Å². The van der Waals surface area contributed by atoms with Gasteiger partial charge >= 0.3 is 5.97 Å². The first-order valence-corrected chi connectivity index (χ1v) is 13.3. The molecule has 3 heterocycles. The molecule has 0 radical (unpaired) electrons. The smallest absolute Gasteiger partial charge is 0.326 e. The zero-order valence-electron chi connectivity index (χ0n) is 22.9. The number of nitrogens with two attached hydrogens (primary N) is 2. The van der Waals surface area contributed by atoms with E-state index in [0.29, 0.717) is 17.0 Å². The Hall–Kier alpha value is -5.51. The van der Waals surface area contributed by atoms with Crippen LogP contribution < -0.4 is 27.4 Å². The Labute approximate surface area is 244 Å². The largest absolute Gasteiger partial charge is 0.480 e. The number of hydrogen-bond donors (Lipinski definition) is 9. The van der Waals surface area contributed by atoms with E-state index in [1.54, 1.807) is 6.20 Å². The maximum absolute atomic E-state index is 13.7. The normalized spacial score (nSPS) is 13.9. The second-order valence-corrected chi connectivity index (χ2v) is 9.92. The number of benzene rings is 1.